The summed E-state index contributed by atoms with van der Waals surface area (Å²) in [5, 5.41) is 4.43. The molecule has 22 heavy (non-hydrogen) atoms. The molecule has 0 aliphatic carbocycles. The number of nitrogens with zero attached hydrogens (tertiary/aromatic N) is 3. The number of para-hydroxylation sites is 1. The van der Waals surface area contributed by atoms with Crippen LogP contribution in [0.3, 0.4) is 0 Å². The van der Waals surface area contributed by atoms with Crippen molar-refractivity contribution in [1.29, 1.82) is 0 Å². The van der Waals surface area contributed by atoms with Gasteiger partial charge in [-0.3, -0.25) is 4.79 Å². The number of nitrogens with two attached hydrogens (primary N) is 1. The van der Waals surface area contributed by atoms with E-state index in [-0.39, 0.29) is 12.2 Å². The molecule has 0 amide bonds. The average Bonchev–Trinajstić information content (AvgIpc) is 2.84. The number of fused-ring (bicyclic) bond motifs is 1. The molecule has 0 saturated heterocycles. The first-order chi connectivity index (χ1) is 10.5. The van der Waals surface area contributed by atoms with Crippen LogP contribution in [0.2, 0.25) is 0 Å². The molecule has 112 valence electrons. The molecule has 0 unspecified atom stereocenters. The third-order valence-electron chi connectivity index (χ3n) is 3.88. The Bertz CT molecular complexity index is 880. The van der Waals surface area contributed by atoms with E-state index >= 15 is 0 Å². The number of benzene rings is 1. The van der Waals surface area contributed by atoms with Crippen molar-refractivity contribution in [3.8, 4) is 0 Å². The molecular formula is C17H18N4O. The summed E-state index contributed by atoms with van der Waals surface area (Å²) >= 11 is 0. The minimum absolute atomic E-state index is 0.00525. The summed E-state index contributed by atoms with van der Waals surface area (Å²) in [7, 11) is 0. The highest BCUT2D eigenvalue weighted by Gasteiger charge is 2.16. The van der Waals surface area contributed by atoms with Crippen LogP contribution in [0, 0.1) is 20.8 Å². The Kier molecular flexibility index (Phi) is 3.41. The third-order valence-corrected chi connectivity index (χ3v) is 3.88. The van der Waals surface area contributed by atoms with Gasteiger partial charge in [0.15, 0.2) is 11.4 Å². The van der Waals surface area contributed by atoms with Crippen LogP contribution in [0.1, 0.15) is 33.0 Å². The van der Waals surface area contributed by atoms with E-state index in [1.165, 1.54) is 0 Å². The number of rotatable bonds is 3. The molecule has 0 aliphatic rings. The number of nitrogen functional groups attached to an aromatic ring is 1. The number of hydrogen-bond acceptors (Lipinski definition) is 4. The number of aromatic nitrogens is 3. The van der Waals surface area contributed by atoms with Gasteiger partial charge in [-0.15, -0.1) is 0 Å². The van der Waals surface area contributed by atoms with Crippen LogP contribution in [0.15, 0.2) is 30.3 Å². The molecule has 2 aromatic heterocycles. The van der Waals surface area contributed by atoms with Gasteiger partial charge in [0.2, 0.25) is 0 Å². The molecule has 2 heterocycles. The van der Waals surface area contributed by atoms with Crippen molar-refractivity contribution in [1.82, 2.24) is 14.6 Å². The topological polar surface area (TPSA) is 73.3 Å². The van der Waals surface area contributed by atoms with Crippen molar-refractivity contribution in [2.75, 3.05) is 5.73 Å². The summed E-state index contributed by atoms with van der Waals surface area (Å²) in [5.41, 5.74) is 11.4. The molecule has 0 radical (unpaired) electrons. The van der Waals surface area contributed by atoms with Gasteiger partial charge in [0, 0.05) is 40.7 Å². The van der Waals surface area contributed by atoms with Crippen molar-refractivity contribution < 1.29 is 4.79 Å². The zero-order valence-corrected chi connectivity index (χ0v) is 12.9. The molecule has 0 spiro atoms. The van der Waals surface area contributed by atoms with Crippen LogP contribution >= 0.6 is 0 Å². The third kappa shape index (κ3) is 2.35. The number of carbonyl (C=O) groups excluding carboxylic acids is 1. The molecule has 0 saturated carbocycles. The Morgan fingerprint density at radius 3 is 2.68 bits per heavy atom. The van der Waals surface area contributed by atoms with Crippen LogP contribution in [0.4, 0.5) is 5.69 Å². The average molecular weight is 294 g/mol. The zero-order chi connectivity index (χ0) is 15.9. The second-order valence-corrected chi connectivity index (χ2v) is 5.50. The highest BCUT2D eigenvalue weighted by atomic mass is 16.1. The fourth-order valence-corrected chi connectivity index (χ4v) is 2.70. The first-order valence-corrected chi connectivity index (χ1v) is 7.17. The van der Waals surface area contributed by atoms with Crippen molar-refractivity contribution in [3.05, 3.63) is 58.5 Å². The summed E-state index contributed by atoms with van der Waals surface area (Å²) in [6, 6.07) is 9.07. The summed E-state index contributed by atoms with van der Waals surface area (Å²) < 4.78 is 1.79. The molecule has 0 bridgehead atoms. The molecule has 3 rings (SSSR count). The van der Waals surface area contributed by atoms with Gasteiger partial charge in [0.25, 0.3) is 0 Å². The second-order valence-electron chi connectivity index (χ2n) is 5.50. The van der Waals surface area contributed by atoms with Crippen LogP contribution in [-0.4, -0.2) is 20.4 Å². The van der Waals surface area contributed by atoms with E-state index in [1.807, 2.05) is 39.0 Å². The SMILES string of the molecule is Cc1cc2nc(C)c(CC(=O)c3ccccc3N)c(C)n2n1. The predicted octanol–water partition coefficient (Wildman–Crippen LogP) is 2.66. The quantitative estimate of drug-likeness (QED) is 0.595. The minimum Gasteiger partial charge on any atom is -0.398 e. The van der Waals surface area contributed by atoms with Crippen molar-refractivity contribution >= 4 is 17.1 Å². The minimum atomic E-state index is -0.00525. The van der Waals surface area contributed by atoms with E-state index in [1.54, 1.807) is 16.6 Å². The highest BCUT2D eigenvalue weighted by molar-refractivity contribution is 6.02. The van der Waals surface area contributed by atoms with E-state index in [0.29, 0.717) is 11.3 Å². The fraction of sp³-hybridized carbons (Fsp3) is 0.235. The van der Waals surface area contributed by atoms with Gasteiger partial charge < -0.3 is 5.73 Å². The zero-order valence-electron chi connectivity index (χ0n) is 12.9. The monoisotopic (exact) mass is 294 g/mol. The van der Waals surface area contributed by atoms with E-state index in [2.05, 4.69) is 10.1 Å². The van der Waals surface area contributed by atoms with Gasteiger partial charge in [-0.1, -0.05) is 12.1 Å². The molecule has 0 atom stereocenters. The molecule has 0 fully saturated rings. The van der Waals surface area contributed by atoms with E-state index in [4.69, 9.17) is 5.73 Å². The van der Waals surface area contributed by atoms with Crippen LogP contribution in [0.25, 0.3) is 5.65 Å². The normalized spacial score (nSPS) is 11.0. The first-order valence-electron chi connectivity index (χ1n) is 7.17. The number of anilines is 1. The molecule has 5 heteroatoms. The number of carbonyl (C=O) groups is 1. The summed E-state index contributed by atoms with van der Waals surface area (Å²) in [5.74, 6) is -0.00525. The van der Waals surface area contributed by atoms with Crippen molar-refractivity contribution in [2.24, 2.45) is 0 Å². The molecule has 1 aromatic carbocycles. The predicted molar refractivity (Wildman–Crippen MR) is 86.1 cm³/mol. The Morgan fingerprint density at radius 2 is 1.95 bits per heavy atom. The molecule has 5 nitrogen and oxygen atoms in total. The maximum Gasteiger partial charge on any atom is 0.169 e. The van der Waals surface area contributed by atoms with E-state index < -0.39 is 0 Å². The Labute approximate surface area is 128 Å². The molecule has 2 N–H and O–H groups in total. The Morgan fingerprint density at radius 1 is 1.23 bits per heavy atom. The fourth-order valence-electron chi connectivity index (χ4n) is 2.70. The van der Waals surface area contributed by atoms with Gasteiger partial charge in [-0.05, 0) is 32.9 Å². The van der Waals surface area contributed by atoms with Crippen molar-refractivity contribution in [2.45, 2.75) is 27.2 Å². The van der Waals surface area contributed by atoms with E-state index in [9.17, 15) is 4.79 Å². The lowest BCUT2D eigenvalue weighted by Gasteiger charge is -2.11. The summed E-state index contributed by atoms with van der Waals surface area (Å²) in [6.07, 6.45) is 0.272. The molecule has 3 aromatic rings. The highest BCUT2D eigenvalue weighted by Crippen LogP contribution is 2.19. The number of hydrogen-bond donors (Lipinski definition) is 1. The van der Waals surface area contributed by atoms with Gasteiger partial charge in [-0.25, -0.2) is 9.50 Å². The van der Waals surface area contributed by atoms with Crippen LogP contribution < -0.4 is 5.73 Å². The van der Waals surface area contributed by atoms with Crippen LogP contribution in [0.5, 0.6) is 0 Å². The first kappa shape index (κ1) is 14.3. The number of Topliss-reactive ketones (excluding diaryl/α,β-unsaturated/α-hetero) is 1. The van der Waals surface area contributed by atoms with Gasteiger partial charge in [0.1, 0.15) is 0 Å². The summed E-state index contributed by atoms with van der Waals surface area (Å²) in [4.78, 5) is 17.1. The van der Waals surface area contributed by atoms with Gasteiger partial charge in [-0.2, -0.15) is 5.10 Å². The van der Waals surface area contributed by atoms with Gasteiger partial charge in [0.05, 0.1) is 5.69 Å². The number of aryl methyl sites for hydroxylation is 3. The standard InChI is InChI=1S/C17H18N4O/c1-10-8-17-19-11(2)14(12(3)21(17)20-10)9-16(22)13-6-4-5-7-15(13)18/h4-8H,9,18H2,1-3H3. The maximum absolute atomic E-state index is 12.5. The van der Waals surface area contributed by atoms with Gasteiger partial charge >= 0.3 is 0 Å². The Hall–Kier alpha value is -2.69. The molecular weight excluding hydrogens is 276 g/mol. The summed E-state index contributed by atoms with van der Waals surface area (Å²) in [6.45, 7) is 5.82. The van der Waals surface area contributed by atoms with Crippen molar-refractivity contribution in [3.63, 3.8) is 0 Å². The largest absolute Gasteiger partial charge is 0.398 e. The smallest absolute Gasteiger partial charge is 0.169 e. The van der Waals surface area contributed by atoms with E-state index in [0.717, 1.165) is 28.3 Å². The Balaban J connectivity index is 2.04. The number of ketones is 1. The molecule has 0 aliphatic heterocycles. The van der Waals surface area contributed by atoms with Crippen LogP contribution in [-0.2, 0) is 6.42 Å². The maximum atomic E-state index is 12.5. The second kappa shape index (κ2) is 5.26. The lowest BCUT2D eigenvalue weighted by molar-refractivity contribution is 0.0993. The lowest BCUT2D eigenvalue weighted by atomic mass is 10.00. The lowest BCUT2D eigenvalue weighted by Crippen LogP contribution is -2.12.